The third-order valence-corrected chi connectivity index (χ3v) is 4.05. The van der Waals surface area contributed by atoms with E-state index in [0.29, 0.717) is 11.7 Å². The van der Waals surface area contributed by atoms with Crippen molar-refractivity contribution < 1.29 is 4.79 Å². The standard InChI is InChI=1S/C12H20O/c1-9-5-4-8-12(13)11-7-3-2-6-10(9)11/h9-11H,2-8H2,1H3/t9-,10-,11+/m1/s1. The van der Waals surface area contributed by atoms with Gasteiger partial charge in [0, 0.05) is 12.3 Å². The van der Waals surface area contributed by atoms with Crippen molar-refractivity contribution in [3.8, 4) is 0 Å². The summed E-state index contributed by atoms with van der Waals surface area (Å²) in [5, 5.41) is 0. The Labute approximate surface area is 80.9 Å². The number of hydrogen-bond acceptors (Lipinski definition) is 1. The van der Waals surface area contributed by atoms with Crippen molar-refractivity contribution >= 4 is 5.78 Å². The Bertz CT molecular complexity index is 197. The van der Waals surface area contributed by atoms with Crippen molar-refractivity contribution in [1.82, 2.24) is 0 Å². The summed E-state index contributed by atoms with van der Waals surface area (Å²) in [6.07, 6.45) is 8.45. The molecule has 0 amide bonds. The molecule has 0 N–H and O–H groups in total. The summed E-state index contributed by atoms with van der Waals surface area (Å²) in [4.78, 5) is 11.8. The molecule has 3 atom stereocenters. The summed E-state index contributed by atoms with van der Waals surface area (Å²) in [6.45, 7) is 2.35. The van der Waals surface area contributed by atoms with Gasteiger partial charge in [-0.1, -0.05) is 26.2 Å². The van der Waals surface area contributed by atoms with Gasteiger partial charge in [0.05, 0.1) is 0 Å². The maximum atomic E-state index is 11.8. The minimum Gasteiger partial charge on any atom is -0.299 e. The van der Waals surface area contributed by atoms with Crippen molar-refractivity contribution in [1.29, 1.82) is 0 Å². The second-order valence-electron chi connectivity index (χ2n) is 4.89. The van der Waals surface area contributed by atoms with Crippen molar-refractivity contribution in [2.24, 2.45) is 17.8 Å². The molecule has 0 unspecified atom stereocenters. The van der Waals surface area contributed by atoms with Crippen LogP contribution in [-0.4, -0.2) is 5.78 Å². The van der Waals surface area contributed by atoms with Crippen molar-refractivity contribution in [2.45, 2.75) is 51.9 Å². The molecule has 0 saturated heterocycles. The van der Waals surface area contributed by atoms with Gasteiger partial charge < -0.3 is 0 Å². The second kappa shape index (κ2) is 3.81. The predicted octanol–water partition coefficient (Wildman–Crippen LogP) is 3.18. The van der Waals surface area contributed by atoms with Gasteiger partial charge in [-0.15, -0.1) is 0 Å². The van der Waals surface area contributed by atoms with Gasteiger partial charge in [-0.3, -0.25) is 4.79 Å². The molecule has 0 aromatic carbocycles. The SMILES string of the molecule is C[C@@H]1CCCC(=O)[C@H]2CCCC[C@H]12. The zero-order chi connectivity index (χ0) is 9.26. The predicted molar refractivity (Wildman–Crippen MR) is 53.5 cm³/mol. The molecule has 2 aliphatic carbocycles. The molecular weight excluding hydrogens is 160 g/mol. The highest BCUT2D eigenvalue weighted by Crippen LogP contribution is 2.40. The lowest BCUT2D eigenvalue weighted by atomic mass is 9.72. The van der Waals surface area contributed by atoms with Crippen LogP contribution in [0.5, 0.6) is 0 Å². The summed E-state index contributed by atoms with van der Waals surface area (Å²) in [5.41, 5.74) is 0. The largest absolute Gasteiger partial charge is 0.299 e. The zero-order valence-corrected chi connectivity index (χ0v) is 8.59. The molecule has 0 aromatic rings. The first-order valence-corrected chi connectivity index (χ1v) is 5.82. The van der Waals surface area contributed by atoms with E-state index >= 15 is 0 Å². The molecule has 0 aromatic heterocycles. The Morgan fingerprint density at radius 1 is 1.08 bits per heavy atom. The molecule has 2 aliphatic rings. The molecule has 0 radical (unpaired) electrons. The van der Waals surface area contributed by atoms with E-state index in [9.17, 15) is 4.79 Å². The number of Topliss-reactive ketones (excluding diaryl/α,β-unsaturated/α-hetero) is 1. The van der Waals surface area contributed by atoms with Gasteiger partial charge in [0.15, 0.2) is 0 Å². The summed E-state index contributed by atoms with van der Waals surface area (Å²) >= 11 is 0. The number of ketones is 1. The number of carbonyl (C=O) groups excluding carboxylic acids is 1. The molecule has 2 rings (SSSR count). The quantitative estimate of drug-likeness (QED) is 0.559. The number of hydrogen-bond donors (Lipinski definition) is 0. The van der Waals surface area contributed by atoms with Crippen LogP contribution in [-0.2, 0) is 4.79 Å². The summed E-state index contributed by atoms with van der Waals surface area (Å²) in [7, 11) is 0. The van der Waals surface area contributed by atoms with Crippen LogP contribution in [0.1, 0.15) is 51.9 Å². The molecule has 0 heterocycles. The van der Waals surface area contributed by atoms with Gasteiger partial charge in [-0.2, -0.15) is 0 Å². The van der Waals surface area contributed by atoms with Crippen molar-refractivity contribution in [3.63, 3.8) is 0 Å². The van der Waals surface area contributed by atoms with Crippen LogP contribution in [0.3, 0.4) is 0 Å². The van der Waals surface area contributed by atoms with Crippen LogP contribution in [0.4, 0.5) is 0 Å². The lowest BCUT2D eigenvalue weighted by Crippen LogP contribution is -2.29. The summed E-state index contributed by atoms with van der Waals surface area (Å²) in [6, 6.07) is 0. The first-order valence-electron chi connectivity index (χ1n) is 5.82. The second-order valence-corrected chi connectivity index (χ2v) is 4.89. The zero-order valence-electron chi connectivity index (χ0n) is 8.59. The fraction of sp³-hybridized carbons (Fsp3) is 0.917. The molecule has 0 bridgehead atoms. The average molecular weight is 180 g/mol. The fourth-order valence-electron chi connectivity index (χ4n) is 3.24. The topological polar surface area (TPSA) is 17.1 Å². The molecular formula is C12H20O. The number of carbonyl (C=O) groups is 1. The lowest BCUT2D eigenvalue weighted by Gasteiger charge is -2.32. The molecule has 1 heteroatoms. The maximum Gasteiger partial charge on any atom is 0.136 e. The Kier molecular flexibility index (Phi) is 2.71. The molecule has 74 valence electrons. The van der Waals surface area contributed by atoms with Crippen LogP contribution < -0.4 is 0 Å². The van der Waals surface area contributed by atoms with Crippen molar-refractivity contribution in [2.75, 3.05) is 0 Å². The van der Waals surface area contributed by atoms with Crippen LogP contribution in [0.2, 0.25) is 0 Å². The number of fused-ring (bicyclic) bond motifs is 1. The Balaban J connectivity index is 2.13. The van der Waals surface area contributed by atoms with Gasteiger partial charge in [0.1, 0.15) is 5.78 Å². The molecule has 2 saturated carbocycles. The molecule has 2 fully saturated rings. The van der Waals surface area contributed by atoms with Gasteiger partial charge in [0.2, 0.25) is 0 Å². The first kappa shape index (κ1) is 9.23. The normalized spacial score (nSPS) is 41.0. The van der Waals surface area contributed by atoms with Crippen LogP contribution in [0.25, 0.3) is 0 Å². The van der Waals surface area contributed by atoms with E-state index in [4.69, 9.17) is 0 Å². The third-order valence-electron chi connectivity index (χ3n) is 4.05. The van der Waals surface area contributed by atoms with Gasteiger partial charge in [-0.05, 0) is 31.1 Å². The van der Waals surface area contributed by atoms with E-state index in [1.165, 1.54) is 32.1 Å². The molecule has 13 heavy (non-hydrogen) atoms. The summed E-state index contributed by atoms with van der Waals surface area (Å²) in [5.74, 6) is 2.57. The summed E-state index contributed by atoms with van der Waals surface area (Å²) < 4.78 is 0. The van der Waals surface area contributed by atoms with Crippen LogP contribution >= 0.6 is 0 Å². The molecule has 0 spiro atoms. The third kappa shape index (κ3) is 1.79. The highest BCUT2D eigenvalue weighted by Gasteiger charge is 2.35. The first-order chi connectivity index (χ1) is 6.29. The minimum absolute atomic E-state index is 0.450. The van der Waals surface area contributed by atoms with Crippen molar-refractivity contribution in [3.05, 3.63) is 0 Å². The smallest absolute Gasteiger partial charge is 0.136 e. The number of rotatable bonds is 0. The highest BCUT2D eigenvalue weighted by atomic mass is 16.1. The van der Waals surface area contributed by atoms with Gasteiger partial charge in [-0.25, -0.2) is 0 Å². The van der Waals surface area contributed by atoms with Crippen LogP contribution in [0, 0.1) is 17.8 Å². The van der Waals surface area contributed by atoms with E-state index in [-0.39, 0.29) is 0 Å². The Morgan fingerprint density at radius 3 is 2.69 bits per heavy atom. The van der Waals surface area contributed by atoms with E-state index in [1.807, 2.05) is 0 Å². The Morgan fingerprint density at radius 2 is 1.85 bits per heavy atom. The Hall–Kier alpha value is -0.330. The van der Waals surface area contributed by atoms with Gasteiger partial charge in [0.25, 0.3) is 0 Å². The lowest BCUT2D eigenvalue weighted by molar-refractivity contribution is -0.125. The average Bonchev–Trinajstić information content (AvgIpc) is 2.29. The fourth-order valence-corrected chi connectivity index (χ4v) is 3.24. The molecule has 0 aliphatic heterocycles. The highest BCUT2D eigenvalue weighted by molar-refractivity contribution is 5.81. The van der Waals surface area contributed by atoms with E-state index in [1.54, 1.807) is 0 Å². The minimum atomic E-state index is 0.450. The maximum absolute atomic E-state index is 11.8. The van der Waals surface area contributed by atoms with E-state index < -0.39 is 0 Å². The van der Waals surface area contributed by atoms with Gasteiger partial charge >= 0.3 is 0 Å². The molecule has 1 nitrogen and oxygen atoms in total. The van der Waals surface area contributed by atoms with E-state index in [0.717, 1.165) is 24.7 Å². The monoisotopic (exact) mass is 180 g/mol. The van der Waals surface area contributed by atoms with E-state index in [2.05, 4.69) is 6.92 Å². The van der Waals surface area contributed by atoms with Crippen LogP contribution in [0.15, 0.2) is 0 Å².